The Kier molecular flexibility index (Phi) is 8.83. The molecular weight excluding hydrogens is 212 g/mol. The number of nitrogens with two attached hydrogens (primary N) is 1. The molecule has 104 valence electrons. The highest BCUT2D eigenvalue weighted by atomic mass is 16.5. The number of nitrogens with zero attached hydrogens (tertiary/aromatic N) is 1. The quantitative estimate of drug-likeness (QED) is 0.642. The van der Waals surface area contributed by atoms with Crippen LogP contribution in [0.25, 0.3) is 0 Å². The Balaban J connectivity index is 3.98. The van der Waals surface area contributed by atoms with Crippen molar-refractivity contribution in [3.63, 3.8) is 0 Å². The van der Waals surface area contributed by atoms with E-state index in [1.807, 2.05) is 0 Å². The fourth-order valence-corrected chi connectivity index (χ4v) is 1.88. The van der Waals surface area contributed by atoms with Crippen molar-refractivity contribution in [1.82, 2.24) is 4.90 Å². The van der Waals surface area contributed by atoms with Crippen molar-refractivity contribution in [2.75, 3.05) is 33.4 Å². The number of ether oxygens (including phenoxy) is 1. The second-order valence-corrected chi connectivity index (χ2v) is 5.76. The first-order chi connectivity index (χ1) is 7.96. The number of methoxy groups -OCH3 is 1. The summed E-state index contributed by atoms with van der Waals surface area (Å²) in [5, 5.41) is 0. The molecule has 0 heterocycles. The predicted octanol–water partition coefficient (Wildman–Crippen LogP) is 2.50. The van der Waals surface area contributed by atoms with Gasteiger partial charge < -0.3 is 10.5 Å². The minimum atomic E-state index is 0.280. The Morgan fingerprint density at radius 3 is 2.41 bits per heavy atom. The average Bonchev–Trinajstić information content (AvgIpc) is 2.32. The van der Waals surface area contributed by atoms with Crippen LogP contribution < -0.4 is 5.73 Å². The molecule has 0 saturated carbocycles. The third kappa shape index (κ3) is 7.74. The highest BCUT2D eigenvalue weighted by molar-refractivity contribution is 4.72. The van der Waals surface area contributed by atoms with Crippen LogP contribution in [0.15, 0.2) is 0 Å². The fourth-order valence-electron chi connectivity index (χ4n) is 1.88. The van der Waals surface area contributed by atoms with Crippen molar-refractivity contribution in [1.29, 1.82) is 0 Å². The molecule has 0 rings (SSSR count). The Labute approximate surface area is 108 Å². The van der Waals surface area contributed by atoms with E-state index < -0.39 is 0 Å². The maximum Gasteiger partial charge on any atom is 0.0589 e. The first-order valence-corrected chi connectivity index (χ1v) is 6.90. The molecular formula is C14H32N2O. The number of rotatable bonds is 10. The minimum Gasteiger partial charge on any atom is -0.383 e. The molecule has 0 amide bonds. The van der Waals surface area contributed by atoms with Gasteiger partial charge in [-0.3, -0.25) is 4.90 Å². The van der Waals surface area contributed by atoms with Crippen LogP contribution in [-0.4, -0.2) is 44.3 Å². The van der Waals surface area contributed by atoms with Gasteiger partial charge in [0, 0.05) is 19.7 Å². The largest absolute Gasteiger partial charge is 0.383 e. The molecule has 0 aromatic rings. The van der Waals surface area contributed by atoms with E-state index in [2.05, 4.69) is 32.6 Å². The molecule has 0 radical (unpaired) electrons. The molecule has 0 bridgehead atoms. The zero-order valence-corrected chi connectivity index (χ0v) is 12.5. The van der Waals surface area contributed by atoms with Crippen molar-refractivity contribution in [2.45, 2.75) is 53.0 Å². The van der Waals surface area contributed by atoms with E-state index in [1.165, 1.54) is 19.3 Å². The summed E-state index contributed by atoms with van der Waals surface area (Å²) in [6.45, 7) is 12.8. The van der Waals surface area contributed by atoms with Crippen molar-refractivity contribution in [3.05, 3.63) is 0 Å². The van der Waals surface area contributed by atoms with Gasteiger partial charge in [0.05, 0.1) is 6.61 Å². The molecule has 0 aromatic heterocycles. The maximum absolute atomic E-state index is 5.76. The molecule has 2 N–H and O–H groups in total. The van der Waals surface area contributed by atoms with E-state index in [0.29, 0.717) is 6.04 Å². The molecule has 0 aliphatic heterocycles. The van der Waals surface area contributed by atoms with Crippen molar-refractivity contribution >= 4 is 0 Å². The van der Waals surface area contributed by atoms with Crippen molar-refractivity contribution in [3.8, 4) is 0 Å². The summed E-state index contributed by atoms with van der Waals surface area (Å²) in [6, 6.07) is 0.645. The zero-order chi connectivity index (χ0) is 13.3. The van der Waals surface area contributed by atoms with Crippen LogP contribution in [0.4, 0.5) is 0 Å². The Morgan fingerprint density at radius 2 is 1.94 bits per heavy atom. The summed E-state index contributed by atoms with van der Waals surface area (Å²) < 4.78 is 5.17. The van der Waals surface area contributed by atoms with Crippen molar-refractivity contribution < 1.29 is 4.74 Å². The van der Waals surface area contributed by atoms with Gasteiger partial charge in [-0.05, 0) is 44.7 Å². The van der Waals surface area contributed by atoms with Crippen LogP contribution >= 0.6 is 0 Å². The topological polar surface area (TPSA) is 38.5 Å². The summed E-state index contributed by atoms with van der Waals surface area (Å²) in [6.07, 6.45) is 3.62. The lowest BCUT2D eigenvalue weighted by Crippen LogP contribution is -2.37. The molecule has 17 heavy (non-hydrogen) atoms. The highest BCUT2D eigenvalue weighted by Crippen LogP contribution is 2.20. The summed E-state index contributed by atoms with van der Waals surface area (Å²) in [5.41, 5.74) is 6.04. The van der Waals surface area contributed by atoms with E-state index in [9.17, 15) is 0 Å². The standard InChI is InChI=1S/C14H32N2O/c1-6-13(2)16(10-11-17-5)9-7-8-14(3,4)12-15/h13H,6-12,15H2,1-5H3. The van der Waals surface area contributed by atoms with Crippen LogP contribution in [0, 0.1) is 5.41 Å². The molecule has 0 aromatic carbocycles. The monoisotopic (exact) mass is 244 g/mol. The van der Waals surface area contributed by atoms with Gasteiger partial charge in [0.1, 0.15) is 0 Å². The lowest BCUT2D eigenvalue weighted by Gasteiger charge is -2.30. The van der Waals surface area contributed by atoms with Gasteiger partial charge >= 0.3 is 0 Å². The van der Waals surface area contributed by atoms with Gasteiger partial charge in [0.2, 0.25) is 0 Å². The number of hydrogen-bond acceptors (Lipinski definition) is 3. The van der Waals surface area contributed by atoms with E-state index in [-0.39, 0.29) is 5.41 Å². The third-order valence-electron chi connectivity index (χ3n) is 3.65. The van der Waals surface area contributed by atoms with E-state index in [1.54, 1.807) is 7.11 Å². The van der Waals surface area contributed by atoms with Crippen LogP contribution in [-0.2, 0) is 4.74 Å². The molecule has 3 nitrogen and oxygen atoms in total. The van der Waals surface area contributed by atoms with Crippen LogP contribution in [0.3, 0.4) is 0 Å². The van der Waals surface area contributed by atoms with Gasteiger partial charge in [-0.15, -0.1) is 0 Å². The van der Waals surface area contributed by atoms with Crippen LogP contribution in [0.5, 0.6) is 0 Å². The normalized spacial score (nSPS) is 14.3. The second-order valence-electron chi connectivity index (χ2n) is 5.76. The maximum atomic E-state index is 5.76. The summed E-state index contributed by atoms with van der Waals surface area (Å²) in [7, 11) is 1.77. The fraction of sp³-hybridized carbons (Fsp3) is 1.00. The van der Waals surface area contributed by atoms with Gasteiger partial charge in [-0.2, -0.15) is 0 Å². The summed E-state index contributed by atoms with van der Waals surface area (Å²) in [5.74, 6) is 0. The smallest absolute Gasteiger partial charge is 0.0589 e. The van der Waals surface area contributed by atoms with Gasteiger partial charge in [0.25, 0.3) is 0 Å². The van der Waals surface area contributed by atoms with E-state index in [0.717, 1.165) is 26.2 Å². The first-order valence-electron chi connectivity index (χ1n) is 6.90. The molecule has 3 heteroatoms. The third-order valence-corrected chi connectivity index (χ3v) is 3.65. The molecule has 0 saturated heterocycles. The Bertz CT molecular complexity index is 183. The molecule has 1 atom stereocenters. The van der Waals surface area contributed by atoms with Gasteiger partial charge in [-0.1, -0.05) is 20.8 Å². The Morgan fingerprint density at radius 1 is 1.29 bits per heavy atom. The van der Waals surface area contributed by atoms with Gasteiger partial charge in [0.15, 0.2) is 0 Å². The predicted molar refractivity (Wildman–Crippen MR) is 75.3 cm³/mol. The Hall–Kier alpha value is -0.120. The lowest BCUT2D eigenvalue weighted by molar-refractivity contribution is 0.118. The zero-order valence-electron chi connectivity index (χ0n) is 12.5. The SMILES string of the molecule is CCC(C)N(CCCC(C)(C)CN)CCOC. The average molecular weight is 244 g/mol. The van der Waals surface area contributed by atoms with E-state index in [4.69, 9.17) is 10.5 Å². The second kappa shape index (κ2) is 8.90. The molecule has 0 aliphatic carbocycles. The van der Waals surface area contributed by atoms with Crippen LogP contribution in [0.2, 0.25) is 0 Å². The van der Waals surface area contributed by atoms with Crippen LogP contribution in [0.1, 0.15) is 47.0 Å². The van der Waals surface area contributed by atoms with Crippen molar-refractivity contribution in [2.24, 2.45) is 11.1 Å². The number of hydrogen-bond donors (Lipinski definition) is 1. The van der Waals surface area contributed by atoms with E-state index >= 15 is 0 Å². The summed E-state index contributed by atoms with van der Waals surface area (Å²) >= 11 is 0. The first kappa shape index (κ1) is 16.9. The molecule has 0 fully saturated rings. The minimum absolute atomic E-state index is 0.280. The lowest BCUT2D eigenvalue weighted by atomic mass is 9.88. The molecule has 0 aliphatic rings. The summed E-state index contributed by atoms with van der Waals surface area (Å²) in [4.78, 5) is 2.52. The molecule has 0 spiro atoms. The molecule has 1 unspecified atom stereocenters. The highest BCUT2D eigenvalue weighted by Gasteiger charge is 2.17. The van der Waals surface area contributed by atoms with Gasteiger partial charge in [-0.25, -0.2) is 0 Å².